The van der Waals surface area contributed by atoms with Crippen LogP contribution < -0.4 is 9.62 Å². The number of nitrogens with zero attached hydrogens (tertiary/aromatic N) is 2. The molecule has 2 aromatic carbocycles. The first-order valence-electron chi connectivity index (χ1n) is 10.9. The first kappa shape index (κ1) is 24.2. The first-order valence-corrected chi connectivity index (χ1v) is 12.7. The molecule has 1 fully saturated rings. The summed E-state index contributed by atoms with van der Waals surface area (Å²) < 4.78 is 31.5. The van der Waals surface area contributed by atoms with Crippen molar-refractivity contribution in [3.8, 4) is 0 Å². The summed E-state index contributed by atoms with van der Waals surface area (Å²) in [7, 11) is -3.59. The van der Waals surface area contributed by atoms with E-state index >= 15 is 0 Å². The molecule has 0 aromatic heterocycles. The molecule has 1 heterocycles. The van der Waals surface area contributed by atoms with Crippen LogP contribution in [0.4, 0.5) is 5.69 Å². The van der Waals surface area contributed by atoms with E-state index in [0.29, 0.717) is 12.2 Å². The summed E-state index contributed by atoms with van der Waals surface area (Å²) >= 11 is 0. The lowest BCUT2D eigenvalue weighted by Crippen LogP contribution is -2.44. The second kappa shape index (κ2) is 10.5. The van der Waals surface area contributed by atoms with Gasteiger partial charge in [0.25, 0.3) is 0 Å². The molecule has 7 nitrogen and oxygen atoms in total. The van der Waals surface area contributed by atoms with Crippen molar-refractivity contribution < 1.29 is 17.9 Å². The van der Waals surface area contributed by atoms with E-state index in [1.54, 1.807) is 12.1 Å². The van der Waals surface area contributed by atoms with Crippen LogP contribution in [0.2, 0.25) is 0 Å². The van der Waals surface area contributed by atoms with Crippen molar-refractivity contribution in [3.05, 3.63) is 65.2 Å². The average Bonchev–Trinajstić information content (AvgIpc) is 2.71. The van der Waals surface area contributed by atoms with Crippen LogP contribution in [0.1, 0.15) is 30.5 Å². The number of benzene rings is 2. The minimum Gasteiger partial charge on any atom is -0.373 e. The Morgan fingerprint density at radius 2 is 1.66 bits per heavy atom. The maximum Gasteiger partial charge on any atom is 0.241 e. The molecule has 1 saturated heterocycles. The van der Waals surface area contributed by atoms with E-state index in [9.17, 15) is 13.2 Å². The Bertz CT molecular complexity index is 1010. The monoisotopic (exact) mass is 459 g/mol. The van der Waals surface area contributed by atoms with Gasteiger partial charge in [0.15, 0.2) is 0 Å². The zero-order valence-corrected chi connectivity index (χ0v) is 20.1. The van der Waals surface area contributed by atoms with Gasteiger partial charge in [0.05, 0.1) is 24.2 Å². The molecule has 0 spiro atoms. The van der Waals surface area contributed by atoms with Gasteiger partial charge in [0, 0.05) is 26.2 Å². The van der Waals surface area contributed by atoms with Crippen LogP contribution in [-0.2, 0) is 32.6 Å². The number of hydrogen-bond donors (Lipinski definition) is 1. The van der Waals surface area contributed by atoms with Crippen LogP contribution >= 0.6 is 0 Å². The summed E-state index contributed by atoms with van der Waals surface area (Å²) in [6, 6.07) is 15.3. The van der Waals surface area contributed by atoms with E-state index in [4.69, 9.17) is 4.74 Å². The van der Waals surface area contributed by atoms with E-state index in [1.807, 2.05) is 31.2 Å². The fourth-order valence-electron chi connectivity index (χ4n) is 4.05. The van der Waals surface area contributed by atoms with Gasteiger partial charge < -0.3 is 10.1 Å². The Morgan fingerprint density at radius 1 is 1.06 bits per heavy atom. The van der Waals surface area contributed by atoms with E-state index < -0.39 is 10.0 Å². The molecule has 1 aliphatic heterocycles. The zero-order valence-electron chi connectivity index (χ0n) is 19.2. The molecule has 2 aromatic rings. The molecule has 0 saturated carbocycles. The number of morpholine rings is 1. The standard InChI is InChI=1S/C24H33N3O4S/c1-18-7-5-6-8-23(18)27(32(4,29)30)17-24(28)25-13-21-9-11-22(12-10-21)16-26-14-19(2)31-20(3)15-26/h5-12,19-20H,13-17H2,1-4H3,(H,25,28). The second-order valence-electron chi connectivity index (χ2n) is 8.60. The fourth-order valence-corrected chi connectivity index (χ4v) is 4.96. The van der Waals surface area contributed by atoms with Gasteiger partial charge in [-0.25, -0.2) is 8.42 Å². The van der Waals surface area contributed by atoms with E-state index in [0.717, 1.165) is 41.3 Å². The summed E-state index contributed by atoms with van der Waals surface area (Å²) in [6.45, 7) is 8.80. The Hall–Kier alpha value is -2.42. The molecule has 0 aliphatic carbocycles. The summed E-state index contributed by atoms with van der Waals surface area (Å²) in [5, 5.41) is 2.83. The van der Waals surface area contributed by atoms with Crippen LogP contribution in [0.3, 0.4) is 0 Å². The summed E-state index contributed by atoms with van der Waals surface area (Å²) in [5.41, 5.74) is 3.49. The number of sulfonamides is 1. The predicted octanol–water partition coefficient (Wildman–Crippen LogP) is 2.69. The van der Waals surface area contributed by atoms with Crippen molar-refractivity contribution in [2.24, 2.45) is 0 Å². The fraction of sp³-hybridized carbons (Fsp3) is 0.458. The summed E-state index contributed by atoms with van der Waals surface area (Å²) in [6.07, 6.45) is 1.58. The number of amides is 1. The Morgan fingerprint density at radius 3 is 2.25 bits per heavy atom. The van der Waals surface area contributed by atoms with Crippen LogP contribution in [0.25, 0.3) is 0 Å². The number of carbonyl (C=O) groups excluding carboxylic acids is 1. The number of anilines is 1. The highest BCUT2D eigenvalue weighted by atomic mass is 32.2. The van der Waals surface area contributed by atoms with Crippen molar-refractivity contribution in [2.45, 2.75) is 46.1 Å². The van der Waals surface area contributed by atoms with Crippen molar-refractivity contribution in [2.75, 3.05) is 30.2 Å². The van der Waals surface area contributed by atoms with Gasteiger partial charge in [0.2, 0.25) is 15.9 Å². The van der Waals surface area contributed by atoms with Gasteiger partial charge in [-0.3, -0.25) is 14.0 Å². The van der Waals surface area contributed by atoms with Crippen LogP contribution in [0, 0.1) is 6.92 Å². The van der Waals surface area contributed by atoms with Crippen molar-refractivity contribution in [1.82, 2.24) is 10.2 Å². The normalized spacial score (nSPS) is 19.5. The third-order valence-electron chi connectivity index (χ3n) is 5.49. The second-order valence-corrected chi connectivity index (χ2v) is 10.5. The number of nitrogens with one attached hydrogen (secondary N) is 1. The van der Waals surface area contributed by atoms with Gasteiger partial charge in [-0.05, 0) is 43.5 Å². The molecule has 2 atom stereocenters. The molecule has 1 amide bonds. The number of aryl methyl sites for hydroxylation is 1. The summed E-state index contributed by atoms with van der Waals surface area (Å²) in [4.78, 5) is 14.9. The molecule has 0 radical (unpaired) electrons. The van der Waals surface area contributed by atoms with Crippen molar-refractivity contribution in [1.29, 1.82) is 0 Å². The first-order chi connectivity index (χ1) is 15.1. The highest BCUT2D eigenvalue weighted by Crippen LogP contribution is 2.21. The van der Waals surface area contributed by atoms with E-state index in [1.165, 1.54) is 5.56 Å². The molecular formula is C24H33N3O4S. The van der Waals surface area contributed by atoms with Crippen LogP contribution in [0.15, 0.2) is 48.5 Å². The maximum atomic E-state index is 12.5. The topological polar surface area (TPSA) is 79.0 Å². The Labute approximate surface area is 191 Å². The minimum atomic E-state index is -3.59. The zero-order chi connectivity index (χ0) is 23.3. The average molecular weight is 460 g/mol. The largest absolute Gasteiger partial charge is 0.373 e. The third-order valence-corrected chi connectivity index (χ3v) is 6.61. The smallest absolute Gasteiger partial charge is 0.241 e. The molecule has 174 valence electrons. The Balaban J connectivity index is 1.55. The number of ether oxygens (including phenoxy) is 1. The van der Waals surface area contributed by atoms with Gasteiger partial charge in [-0.1, -0.05) is 42.5 Å². The lowest BCUT2D eigenvalue weighted by Gasteiger charge is -2.35. The van der Waals surface area contributed by atoms with Crippen molar-refractivity contribution >= 4 is 21.6 Å². The van der Waals surface area contributed by atoms with E-state index in [2.05, 4.69) is 36.2 Å². The van der Waals surface area contributed by atoms with Gasteiger partial charge in [-0.15, -0.1) is 0 Å². The molecule has 3 rings (SSSR count). The quantitative estimate of drug-likeness (QED) is 0.657. The van der Waals surface area contributed by atoms with Crippen molar-refractivity contribution in [3.63, 3.8) is 0 Å². The lowest BCUT2D eigenvalue weighted by atomic mass is 10.1. The van der Waals surface area contributed by atoms with E-state index in [-0.39, 0.29) is 24.7 Å². The molecule has 32 heavy (non-hydrogen) atoms. The summed E-state index contributed by atoms with van der Waals surface area (Å²) in [5.74, 6) is -0.348. The molecule has 1 N–H and O–H groups in total. The predicted molar refractivity (Wildman–Crippen MR) is 127 cm³/mol. The van der Waals surface area contributed by atoms with Gasteiger partial charge in [-0.2, -0.15) is 0 Å². The van der Waals surface area contributed by atoms with Crippen LogP contribution in [0.5, 0.6) is 0 Å². The number of para-hydroxylation sites is 1. The Kier molecular flexibility index (Phi) is 7.92. The van der Waals surface area contributed by atoms with Gasteiger partial charge in [0.1, 0.15) is 6.54 Å². The molecular weight excluding hydrogens is 426 g/mol. The van der Waals surface area contributed by atoms with Gasteiger partial charge >= 0.3 is 0 Å². The third kappa shape index (κ3) is 6.79. The maximum absolute atomic E-state index is 12.5. The number of rotatable bonds is 8. The molecule has 2 unspecified atom stereocenters. The molecule has 1 aliphatic rings. The lowest BCUT2D eigenvalue weighted by molar-refractivity contribution is -0.119. The SMILES string of the molecule is Cc1ccccc1N(CC(=O)NCc1ccc(CN2CC(C)OC(C)C2)cc1)S(C)(=O)=O. The molecule has 0 bridgehead atoms. The highest BCUT2D eigenvalue weighted by molar-refractivity contribution is 7.92. The van der Waals surface area contributed by atoms with Crippen LogP contribution in [-0.4, -0.2) is 57.3 Å². The number of hydrogen-bond acceptors (Lipinski definition) is 5. The minimum absolute atomic E-state index is 0.236. The number of carbonyl (C=O) groups is 1. The highest BCUT2D eigenvalue weighted by Gasteiger charge is 2.23. The molecule has 8 heteroatoms.